The van der Waals surface area contributed by atoms with Crippen LogP contribution in [0.25, 0.3) is 0 Å². The molecule has 3 nitrogen and oxygen atoms in total. The third-order valence-electron chi connectivity index (χ3n) is 4.99. The van der Waals surface area contributed by atoms with E-state index in [2.05, 4.69) is 43.3 Å². The van der Waals surface area contributed by atoms with E-state index in [4.69, 9.17) is 0 Å². The lowest BCUT2D eigenvalue weighted by Crippen LogP contribution is -2.48. The van der Waals surface area contributed by atoms with E-state index in [0.717, 1.165) is 12.7 Å². The van der Waals surface area contributed by atoms with Gasteiger partial charge in [-0.3, -0.25) is 4.79 Å². The van der Waals surface area contributed by atoms with E-state index in [1.807, 2.05) is 7.05 Å². The molecule has 1 saturated heterocycles. The van der Waals surface area contributed by atoms with Crippen LogP contribution in [0, 0.1) is 34.6 Å². The molecule has 1 aliphatic heterocycles. The van der Waals surface area contributed by atoms with Gasteiger partial charge in [0.05, 0.1) is 0 Å². The van der Waals surface area contributed by atoms with Crippen molar-refractivity contribution in [1.82, 2.24) is 4.90 Å². The molecule has 0 aromatic rings. The molecule has 0 radical (unpaired) electrons. The Labute approximate surface area is 121 Å². The molecule has 1 amide bonds. The second-order valence-corrected chi connectivity index (χ2v) is 12.0. The number of rotatable bonds is 1. The van der Waals surface area contributed by atoms with Gasteiger partial charge in [-0.05, 0) is 6.42 Å². The quantitative estimate of drug-likeness (QED) is 0.319. The summed E-state index contributed by atoms with van der Waals surface area (Å²) in [4.78, 5) is 26.1. The second kappa shape index (κ2) is 4.08. The maximum atomic E-state index is 12.8. The van der Waals surface area contributed by atoms with Crippen molar-refractivity contribution in [3.8, 4) is 11.5 Å². The first kappa shape index (κ1) is 13.6. The van der Waals surface area contributed by atoms with Crippen molar-refractivity contribution in [2.24, 2.45) is 23.2 Å². The topological polar surface area (TPSA) is 37.4 Å². The number of aldehydes is 1. The summed E-state index contributed by atoms with van der Waals surface area (Å²) in [5, 5.41) is 0. The maximum Gasteiger partial charge on any atom is 0.241 e. The van der Waals surface area contributed by atoms with Gasteiger partial charge in [-0.2, -0.15) is 0 Å². The number of piperidine rings is 1. The van der Waals surface area contributed by atoms with Crippen LogP contribution in [0.2, 0.25) is 19.6 Å². The molecule has 1 heterocycles. The van der Waals surface area contributed by atoms with Crippen LogP contribution in [-0.4, -0.2) is 38.3 Å². The van der Waals surface area contributed by atoms with Gasteiger partial charge in [-0.15, -0.1) is 5.54 Å². The molecule has 4 heteroatoms. The van der Waals surface area contributed by atoms with Crippen LogP contribution in [0.3, 0.4) is 0 Å². The molecule has 2 aliphatic carbocycles. The minimum Gasteiger partial charge on any atom is -0.340 e. The number of hydrogen-bond acceptors (Lipinski definition) is 2. The second-order valence-electron chi connectivity index (χ2n) is 7.29. The fraction of sp³-hybridized carbons (Fsp3) is 0.625. The van der Waals surface area contributed by atoms with Crippen molar-refractivity contribution in [2.75, 3.05) is 7.05 Å². The Morgan fingerprint density at radius 3 is 2.75 bits per heavy atom. The molecule has 0 N–H and O–H groups in total. The number of amides is 1. The first-order valence-electron chi connectivity index (χ1n) is 7.26. The Morgan fingerprint density at radius 1 is 1.45 bits per heavy atom. The fourth-order valence-corrected chi connectivity index (χ4v) is 4.80. The number of carbonyl (C=O) groups is 2. The molecule has 0 aromatic carbocycles. The average Bonchev–Trinajstić information content (AvgIpc) is 2.66. The zero-order valence-electron chi connectivity index (χ0n) is 12.5. The molecule has 106 valence electrons. The van der Waals surface area contributed by atoms with Gasteiger partial charge in [0, 0.05) is 30.8 Å². The van der Waals surface area contributed by atoms with E-state index in [-0.39, 0.29) is 29.7 Å². The number of hydrogen-bond donors (Lipinski definition) is 0. The minimum absolute atomic E-state index is 0.0173. The van der Waals surface area contributed by atoms with Crippen LogP contribution in [0.5, 0.6) is 0 Å². The van der Waals surface area contributed by atoms with E-state index < -0.39 is 13.5 Å². The summed E-state index contributed by atoms with van der Waals surface area (Å²) in [6.07, 6.45) is 6.10. The van der Waals surface area contributed by atoms with Gasteiger partial charge in [0.2, 0.25) is 5.91 Å². The lowest BCUT2D eigenvalue weighted by molar-refractivity contribution is -0.140. The number of likely N-dealkylation sites (tertiary alicyclic amines) is 1. The largest absolute Gasteiger partial charge is 0.340 e. The molecular weight excluding hydrogens is 266 g/mol. The van der Waals surface area contributed by atoms with E-state index >= 15 is 0 Å². The highest BCUT2D eigenvalue weighted by Crippen LogP contribution is 2.61. The van der Waals surface area contributed by atoms with Crippen molar-refractivity contribution >= 4 is 20.3 Å². The zero-order chi connectivity index (χ0) is 14.7. The molecule has 20 heavy (non-hydrogen) atoms. The van der Waals surface area contributed by atoms with Crippen LogP contribution < -0.4 is 0 Å². The van der Waals surface area contributed by atoms with E-state index in [9.17, 15) is 9.59 Å². The van der Waals surface area contributed by atoms with Crippen molar-refractivity contribution in [3.63, 3.8) is 0 Å². The summed E-state index contributed by atoms with van der Waals surface area (Å²) < 4.78 is 0. The van der Waals surface area contributed by atoms with Crippen molar-refractivity contribution in [2.45, 2.75) is 32.1 Å². The molecule has 3 rings (SSSR count). The first-order chi connectivity index (χ1) is 9.33. The van der Waals surface area contributed by atoms with Crippen LogP contribution in [0.1, 0.15) is 6.42 Å². The summed E-state index contributed by atoms with van der Waals surface area (Å²) in [6.45, 7) is 6.57. The average molecular weight is 287 g/mol. The summed E-state index contributed by atoms with van der Waals surface area (Å²) in [5.74, 6) is 3.60. The molecule has 3 aliphatic rings. The predicted molar refractivity (Wildman–Crippen MR) is 80.4 cm³/mol. The van der Waals surface area contributed by atoms with E-state index in [1.54, 1.807) is 4.90 Å². The van der Waals surface area contributed by atoms with Gasteiger partial charge >= 0.3 is 0 Å². The highest BCUT2D eigenvalue weighted by molar-refractivity contribution is 6.83. The fourth-order valence-electron chi connectivity index (χ4n) is 4.22. The smallest absolute Gasteiger partial charge is 0.241 e. The normalized spacial score (nSPS) is 41.6. The third-order valence-corrected chi connectivity index (χ3v) is 5.86. The molecule has 0 aromatic heterocycles. The standard InChI is InChI=1S/C16H21NO2Si/c1-17-14-11(10-18)12-6-5-7-13(14)16(12,15(17)19)8-9-20(2,3)4/h5-6,10-14H,7H2,1-4H3/t11-,12+,13-,14-,16-/m0/s1. The van der Waals surface area contributed by atoms with Gasteiger partial charge in [0.25, 0.3) is 0 Å². The Morgan fingerprint density at radius 2 is 2.15 bits per heavy atom. The monoisotopic (exact) mass is 287 g/mol. The van der Waals surface area contributed by atoms with Gasteiger partial charge in [0.15, 0.2) is 0 Å². The summed E-state index contributed by atoms with van der Waals surface area (Å²) in [6, 6.07) is 0.0379. The van der Waals surface area contributed by atoms with Crippen LogP contribution >= 0.6 is 0 Å². The number of carbonyl (C=O) groups excluding carboxylic acids is 2. The lowest BCUT2D eigenvalue weighted by Gasteiger charge is -2.36. The Balaban J connectivity index is 2.16. The van der Waals surface area contributed by atoms with Gasteiger partial charge < -0.3 is 9.69 Å². The van der Waals surface area contributed by atoms with Gasteiger partial charge in [-0.25, -0.2) is 0 Å². The lowest BCUT2D eigenvalue weighted by atomic mass is 9.68. The molecule has 0 spiro atoms. The summed E-state index contributed by atoms with van der Waals surface area (Å²) >= 11 is 0. The predicted octanol–water partition coefficient (Wildman–Crippen LogP) is 1.72. The van der Waals surface area contributed by atoms with Gasteiger partial charge in [-0.1, -0.05) is 37.7 Å². The van der Waals surface area contributed by atoms with Crippen LogP contribution in [-0.2, 0) is 9.59 Å². The minimum atomic E-state index is -1.55. The van der Waals surface area contributed by atoms with Crippen LogP contribution in [0.15, 0.2) is 12.2 Å². The Hall–Kier alpha value is -1.34. The highest BCUT2D eigenvalue weighted by Gasteiger charge is 2.71. The first-order valence-corrected chi connectivity index (χ1v) is 10.8. The molecule has 1 saturated carbocycles. The molecule has 2 fully saturated rings. The zero-order valence-corrected chi connectivity index (χ0v) is 13.5. The number of allylic oxidation sites excluding steroid dienone is 2. The van der Waals surface area contributed by atoms with Crippen LogP contribution in [0.4, 0.5) is 0 Å². The molecule has 4 bridgehead atoms. The Bertz CT molecular complexity index is 565. The summed E-state index contributed by atoms with van der Waals surface area (Å²) in [7, 11) is 0.284. The van der Waals surface area contributed by atoms with E-state index in [0.29, 0.717) is 0 Å². The van der Waals surface area contributed by atoms with Crippen molar-refractivity contribution < 1.29 is 9.59 Å². The molecule has 5 atom stereocenters. The maximum absolute atomic E-state index is 12.8. The third kappa shape index (κ3) is 1.53. The molecule has 0 unspecified atom stereocenters. The van der Waals surface area contributed by atoms with E-state index in [1.165, 1.54) is 0 Å². The SMILES string of the molecule is CN1C(=O)[C@@]2(C#C[Si](C)(C)C)[C@@H]3C=CC[C@H]2[C@@H]1[C@H]3C=O. The Kier molecular flexibility index (Phi) is 2.78. The van der Waals surface area contributed by atoms with Crippen molar-refractivity contribution in [1.29, 1.82) is 0 Å². The highest BCUT2D eigenvalue weighted by atomic mass is 28.3. The van der Waals surface area contributed by atoms with Crippen molar-refractivity contribution in [3.05, 3.63) is 12.2 Å². The number of nitrogens with zero attached hydrogens (tertiary/aromatic N) is 1. The molecular formula is C16H21NO2Si. The van der Waals surface area contributed by atoms with Gasteiger partial charge in [0.1, 0.15) is 19.8 Å². The summed E-state index contributed by atoms with van der Waals surface area (Å²) in [5.41, 5.74) is 2.77.